The Kier molecular flexibility index (Phi) is 5.81. The number of likely N-dealkylation sites (tertiary alicyclic amines) is 1. The van der Waals surface area contributed by atoms with Crippen molar-refractivity contribution >= 4 is 5.91 Å². The van der Waals surface area contributed by atoms with Gasteiger partial charge < -0.3 is 9.80 Å². The van der Waals surface area contributed by atoms with Gasteiger partial charge >= 0.3 is 0 Å². The zero-order valence-electron chi connectivity index (χ0n) is 11.0. The van der Waals surface area contributed by atoms with E-state index < -0.39 is 0 Å². The van der Waals surface area contributed by atoms with E-state index in [0.717, 1.165) is 32.7 Å². The van der Waals surface area contributed by atoms with Crippen molar-refractivity contribution in [1.82, 2.24) is 9.80 Å². The maximum absolute atomic E-state index is 12.0. The first-order chi connectivity index (χ1) is 7.67. The Morgan fingerprint density at radius 3 is 2.62 bits per heavy atom. The summed E-state index contributed by atoms with van der Waals surface area (Å²) in [5.41, 5.74) is 0. The van der Waals surface area contributed by atoms with E-state index in [1.165, 1.54) is 12.8 Å². The number of hydrogen-bond donors (Lipinski definition) is 0. The first kappa shape index (κ1) is 13.5. The zero-order chi connectivity index (χ0) is 12.0. The maximum Gasteiger partial charge on any atom is 0.223 e. The molecule has 1 saturated heterocycles. The molecule has 1 atom stereocenters. The number of amides is 1. The molecule has 1 fully saturated rings. The Bertz CT molecular complexity index is 214. The van der Waals surface area contributed by atoms with E-state index >= 15 is 0 Å². The number of nitrogens with zero attached hydrogens (tertiary/aromatic N) is 2. The normalized spacial score (nSPS) is 21.5. The maximum atomic E-state index is 12.0. The lowest BCUT2D eigenvalue weighted by Gasteiger charge is -2.31. The van der Waals surface area contributed by atoms with E-state index in [1.807, 2.05) is 0 Å². The van der Waals surface area contributed by atoms with Crippen molar-refractivity contribution in [3.63, 3.8) is 0 Å². The molecule has 0 bridgehead atoms. The fourth-order valence-electron chi connectivity index (χ4n) is 2.37. The van der Waals surface area contributed by atoms with Crippen molar-refractivity contribution in [3.05, 3.63) is 0 Å². The average molecular weight is 226 g/mol. The number of hydrogen-bond acceptors (Lipinski definition) is 2. The van der Waals surface area contributed by atoms with Gasteiger partial charge in [0.1, 0.15) is 0 Å². The summed E-state index contributed by atoms with van der Waals surface area (Å²) in [6.45, 7) is 11.5. The predicted molar refractivity (Wildman–Crippen MR) is 67.4 cm³/mol. The monoisotopic (exact) mass is 226 g/mol. The van der Waals surface area contributed by atoms with Gasteiger partial charge in [-0.15, -0.1) is 0 Å². The summed E-state index contributed by atoms with van der Waals surface area (Å²) in [4.78, 5) is 16.3. The molecule has 0 aromatic heterocycles. The van der Waals surface area contributed by atoms with E-state index in [2.05, 4.69) is 30.6 Å². The minimum atomic E-state index is 0.346. The van der Waals surface area contributed by atoms with E-state index in [9.17, 15) is 4.79 Å². The Hall–Kier alpha value is -0.570. The highest BCUT2D eigenvalue weighted by Crippen LogP contribution is 2.16. The largest absolute Gasteiger partial charge is 0.342 e. The fraction of sp³-hybridized carbons (Fsp3) is 0.923. The van der Waals surface area contributed by atoms with E-state index in [0.29, 0.717) is 18.2 Å². The lowest BCUT2D eigenvalue weighted by atomic mass is 10.00. The minimum Gasteiger partial charge on any atom is -0.342 e. The molecule has 1 unspecified atom stereocenters. The lowest BCUT2D eigenvalue weighted by molar-refractivity contribution is -0.133. The number of rotatable bonds is 5. The molecule has 1 rings (SSSR count). The van der Waals surface area contributed by atoms with E-state index in [4.69, 9.17) is 0 Å². The molecule has 1 aliphatic rings. The van der Waals surface area contributed by atoms with Crippen molar-refractivity contribution < 1.29 is 4.79 Å². The Balaban J connectivity index is 2.28. The van der Waals surface area contributed by atoms with Crippen LogP contribution in [0.15, 0.2) is 0 Å². The van der Waals surface area contributed by atoms with E-state index in [-0.39, 0.29) is 0 Å². The van der Waals surface area contributed by atoms with Crippen LogP contribution in [0.2, 0.25) is 0 Å². The molecule has 0 radical (unpaired) electrons. The summed E-state index contributed by atoms with van der Waals surface area (Å²) < 4.78 is 0. The van der Waals surface area contributed by atoms with Crippen LogP contribution in [0, 0.1) is 5.92 Å². The first-order valence-electron chi connectivity index (χ1n) is 6.67. The molecule has 0 aliphatic carbocycles. The highest BCUT2D eigenvalue weighted by molar-refractivity contribution is 5.76. The van der Waals surface area contributed by atoms with Crippen LogP contribution in [-0.2, 0) is 4.79 Å². The SMILES string of the molecule is CCN(CC)CCC(=O)N1CCCC(C)C1. The van der Waals surface area contributed by atoms with Crippen LogP contribution in [0.4, 0.5) is 0 Å². The van der Waals surface area contributed by atoms with Crippen molar-refractivity contribution in [3.8, 4) is 0 Å². The average Bonchev–Trinajstić information content (AvgIpc) is 2.30. The van der Waals surface area contributed by atoms with Gasteiger partial charge in [0.05, 0.1) is 0 Å². The van der Waals surface area contributed by atoms with Crippen LogP contribution < -0.4 is 0 Å². The lowest BCUT2D eigenvalue weighted by Crippen LogP contribution is -2.40. The molecule has 1 amide bonds. The zero-order valence-corrected chi connectivity index (χ0v) is 11.0. The summed E-state index contributed by atoms with van der Waals surface area (Å²) >= 11 is 0. The number of piperidine rings is 1. The van der Waals surface area contributed by atoms with Crippen LogP contribution in [-0.4, -0.2) is 48.4 Å². The Morgan fingerprint density at radius 2 is 2.06 bits per heavy atom. The van der Waals surface area contributed by atoms with Crippen molar-refractivity contribution in [1.29, 1.82) is 0 Å². The molecule has 0 aromatic rings. The van der Waals surface area contributed by atoms with Crippen LogP contribution in [0.3, 0.4) is 0 Å². The van der Waals surface area contributed by atoms with Gasteiger partial charge in [0, 0.05) is 26.1 Å². The molecule has 3 heteroatoms. The van der Waals surface area contributed by atoms with Gasteiger partial charge in [0.25, 0.3) is 0 Å². The van der Waals surface area contributed by atoms with Crippen molar-refractivity contribution in [2.45, 2.75) is 40.0 Å². The summed E-state index contributed by atoms with van der Waals surface area (Å²) in [6, 6.07) is 0. The van der Waals surface area contributed by atoms with Gasteiger partial charge in [-0.05, 0) is 31.8 Å². The van der Waals surface area contributed by atoms with E-state index in [1.54, 1.807) is 0 Å². The second kappa shape index (κ2) is 6.89. The Labute approximate surface area is 99.8 Å². The third-order valence-electron chi connectivity index (χ3n) is 3.55. The van der Waals surface area contributed by atoms with Crippen molar-refractivity contribution in [2.24, 2.45) is 5.92 Å². The quantitative estimate of drug-likeness (QED) is 0.715. The van der Waals surface area contributed by atoms with Gasteiger partial charge in [0.2, 0.25) is 5.91 Å². The molecule has 0 saturated carbocycles. The van der Waals surface area contributed by atoms with Crippen LogP contribution in [0.1, 0.15) is 40.0 Å². The molecular weight excluding hydrogens is 200 g/mol. The molecule has 0 spiro atoms. The van der Waals surface area contributed by atoms with Gasteiger partial charge in [-0.3, -0.25) is 4.79 Å². The summed E-state index contributed by atoms with van der Waals surface area (Å²) in [5.74, 6) is 1.03. The number of carbonyl (C=O) groups excluding carboxylic acids is 1. The third kappa shape index (κ3) is 4.12. The van der Waals surface area contributed by atoms with Gasteiger partial charge in [-0.2, -0.15) is 0 Å². The second-order valence-electron chi connectivity index (χ2n) is 4.86. The second-order valence-corrected chi connectivity index (χ2v) is 4.86. The third-order valence-corrected chi connectivity index (χ3v) is 3.55. The van der Waals surface area contributed by atoms with Gasteiger partial charge in [-0.1, -0.05) is 20.8 Å². The first-order valence-corrected chi connectivity index (χ1v) is 6.67. The summed E-state index contributed by atoms with van der Waals surface area (Å²) in [7, 11) is 0. The fourth-order valence-corrected chi connectivity index (χ4v) is 2.37. The molecule has 1 heterocycles. The van der Waals surface area contributed by atoms with Gasteiger partial charge in [0.15, 0.2) is 0 Å². The highest BCUT2D eigenvalue weighted by Gasteiger charge is 2.20. The molecule has 3 nitrogen and oxygen atoms in total. The van der Waals surface area contributed by atoms with Crippen LogP contribution in [0.5, 0.6) is 0 Å². The topological polar surface area (TPSA) is 23.6 Å². The summed E-state index contributed by atoms with van der Waals surface area (Å²) in [5, 5.41) is 0. The molecule has 16 heavy (non-hydrogen) atoms. The molecular formula is C13H26N2O. The molecule has 0 N–H and O–H groups in total. The highest BCUT2D eigenvalue weighted by atomic mass is 16.2. The van der Waals surface area contributed by atoms with Crippen LogP contribution in [0.25, 0.3) is 0 Å². The molecule has 94 valence electrons. The van der Waals surface area contributed by atoms with Crippen LogP contribution >= 0.6 is 0 Å². The van der Waals surface area contributed by atoms with Gasteiger partial charge in [-0.25, -0.2) is 0 Å². The minimum absolute atomic E-state index is 0.346. The Morgan fingerprint density at radius 1 is 1.38 bits per heavy atom. The molecule has 1 aliphatic heterocycles. The standard InChI is InChI=1S/C13H26N2O/c1-4-14(5-2)10-8-13(16)15-9-6-7-12(3)11-15/h12H,4-11H2,1-3H3. The number of carbonyl (C=O) groups is 1. The smallest absolute Gasteiger partial charge is 0.223 e. The van der Waals surface area contributed by atoms with Crippen molar-refractivity contribution in [2.75, 3.05) is 32.7 Å². The molecule has 0 aromatic carbocycles. The summed E-state index contributed by atoms with van der Waals surface area (Å²) in [6.07, 6.45) is 3.15. The predicted octanol–water partition coefficient (Wildman–Crippen LogP) is 1.98.